The summed E-state index contributed by atoms with van der Waals surface area (Å²) in [5.74, 6) is 0.242. The van der Waals surface area contributed by atoms with Crippen LogP contribution in [-0.4, -0.2) is 19.7 Å². The van der Waals surface area contributed by atoms with Crippen LogP contribution in [0.5, 0.6) is 5.75 Å². The average Bonchev–Trinajstić information content (AvgIpc) is 2.34. The fourth-order valence-corrected chi connectivity index (χ4v) is 1.02. The van der Waals surface area contributed by atoms with Crippen molar-refractivity contribution in [1.82, 2.24) is 0 Å². The van der Waals surface area contributed by atoms with Crippen molar-refractivity contribution in [3.63, 3.8) is 0 Å². The number of hydrogen-bond donors (Lipinski definition) is 0. The van der Waals surface area contributed by atoms with E-state index >= 15 is 0 Å². The van der Waals surface area contributed by atoms with Crippen molar-refractivity contribution >= 4 is 12.0 Å². The zero-order valence-electron chi connectivity index (χ0n) is 9.30. The number of rotatable bonds is 5. The first-order valence-electron chi connectivity index (χ1n) is 4.92. The van der Waals surface area contributed by atoms with E-state index < -0.39 is 5.97 Å². The van der Waals surface area contributed by atoms with Crippen molar-refractivity contribution in [3.8, 4) is 5.75 Å². The van der Waals surface area contributed by atoms with Crippen molar-refractivity contribution in [2.45, 2.75) is 6.92 Å². The molecule has 0 N–H and O–H groups in total. The second-order valence-electron chi connectivity index (χ2n) is 2.92. The molecule has 0 bridgehead atoms. The molecule has 0 fully saturated rings. The fourth-order valence-electron chi connectivity index (χ4n) is 1.02. The smallest absolute Gasteiger partial charge is 0.365 e. The minimum absolute atomic E-state index is 0.335. The molecule has 0 saturated heterocycles. The molecule has 86 valence electrons. The summed E-state index contributed by atoms with van der Waals surface area (Å²) in [5.41, 5.74) is 0.884. The van der Waals surface area contributed by atoms with Gasteiger partial charge in [-0.1, -0.05) is 12.1 Å². The predicted molar refractivity (Wildman–Crippen MR) is 59.7 cm³/mol. The number of benzene rings is 1. The number of carbonyl (C=O) groups is 1. The van der Waals surface area contributed by atoms with Crippen molar-refractivity contribution in [2.75, 3.05) is 13.7 Å². The molecule has 4 nitrogen and oxygen atoms in total. The lowest BCUT2D eigenvalue weighted by atomic mass is 10.2. The Bertz CT molecular complexity index is 354. The van der Waals surface area contributed by atoms with Crippen molar-refractivity contribution < 1.29 is 19.3 Å². The number of methoxy groups -OCH3 is 1. The fraction of sp³-hybridized carbons (Fsp3) is 0.250. The molecule has 0 saturated carbocycles. The summed E-state index contributed by atoms with van der Waals surface area (Å²) in [7, 11) is 1.60. The molecule has 4 heteroatoms. The van der Waals surface area contributed by atoms with E-state index in [0.29, 0.717) is 6.61 Å². The minimum atomic E-state index is -0.530. The summed E-state index contributed by atoms with van der Waals surface area (Å²) in [4.78, 5) is 19.9. The topological polar surface area (TPSA) is 44.8 Å². The molecule has 0 aromatic heterocycles. The van der Waals surface area contributed by atoms with Crippen LogP contribution in [0.25, 0.3) is 6.08 Å². The number of hydrogen-bond acceptors (Lipinski definition) is 4. The van der Waals surface area contributed by atoms with Gasteiger partial charge < -0.3 is 4.74 Å². The minimum Gasteiger partial charge on any atom is -0.497 e. The third-order valence-corrected chi connectivity index (χ3v) is 1.79. The molecule has 0 aliphatic heterocycles. The summed E-state index contributed by atoms with van der Waals surface area (Å²) < 4.78 is 5.01. The monoisotopic (exact) mass is 222 g/mol. The maximum absolute atomic E-state index is 11.0. The summed E-state index contributed by atoms with van der Waals surface area (Å²) in [6.07, 6.45) is 2.94. The molecule has 1 aromatic rings. The van der Waals surface area contributed by atoms with Gasteiger partial charge in [0, 0.05) is 6.08 Å². The van der Waals surface area contributed by atoms with Crippen molar-refractivity contribution in [3.05, 3.63) is 35.9 Å². The van der Waals surface area contributed by atoms with Gasteiger partial charge >= 0.3 is 5.97 Å². The number of carbonyl (C=O) groups excluding carboxylic acids is 1. The van der Waals surface area contributed by atoms with Gasteiger partial charge in [0.15, 0.2) is 0 Å². The molecule has 0 spiro atoms. The third-order valence-electron chi connectivity index (χ3n) is 1.79. The van der Waals surface area contributed by atoms with Crippen molar-refractivity contribution in [1.29, 1.82) is 0 Å². The first-order chi connectivity index (χ1) is 7.76. The molecule has 0 aliphatic carbocycles. The maximum Gasteiger partial charge on any atom is 0.365 e. The van der Waals surface area contributed by atoms with Crippen LogP contribution < -0.4 is 4.74 Å². The Balaban J connectivity index is 2.52. The number of ether oxygens (including phenoxy) is 1. The maximum atomic E-state index is 11.0. The Morgan fingerprint density at radius 2 is 2.00 bits per heavy atom. The van der Waals surface area contributed by atoms with Crippen LogP contribution in [0.15, 0.2) is 30.3 Å². The van der Waals surface area contributed by atoms with Crippen LogP contribution in [0.2, 0.25) is 0 Å². The van der Waals surface area contributed by atoms with Gasteiger partial charge in [0.05, 0.1) is 13.7 Å². The van der Waals surface area contributed by atoms with Crippen LogP contribution in [0.4, 0.5) is 0 Å². The predicted octanol–water partition coefficient (Wildman–Crippen LogP) is 2.20. The molecule has 0 aliphatic rings. The molecule has 0 radical (unpaired) electrons. The summed E-state index contributed by atoms with van der Waals surface area (Å²) >= 11 is 0. The third kappa shape index (κ3) is 4.14. The second-order valence-corrected chi connectivity index (χ2v) is 2.92. The quantitative estimate of drug-likeness (QED) is 0.435. The van der Waals surface area contributed by atoms with E-state index in [1.165, 1.54) is 6.08 Å². The molecule has 16 heavy (non-hydrogen) atoms. The zero-order chi connectivity index (χ0) is 11.8. The summed E-state index contributed by atoms with van der Waals surface area (Å²) in [6.45, 7) is 2.07. The zero-order valence-corrected chi connectivity index (χ0v) is 9.30. The summed E-state index contributed by atoms with van der Waals surface area (Å²) in [6, 6.07) is 7.30. The van der Waals surface area contributed by atoms with Gasteiger partial charge in [0.25, 0.3) is 0 Å². The van der Waals surface area contributed by atoms with E-state index in [0.717, 1.165) is 11.3 Å². The Hall–Kier alpha value is -1.81. The largest absolute Gasteiger partial charge is 0.497 e. The van der Waals surface area contributed by atoms with Crippen LogP contribution in [-0.2, 0) is 14.6 Å². The summed E-state index contributed by atoms with van der Waals surface area (Å²) in [5, 5.41) is 0. The van der Waals surface area contributed by atoms with E-state index in [1.807, 2.05) is 24.3 Å². The Labute approximate surface area is 94.4 Å². The molecular weight excluding hydrogens is 208 g/mol. The van der Waals surface area contributed by atoms with E-state index in [-0.39, 0.29) is 0 Å². The highest BCUT2D eigenvalue weighted by atomic mass is 17.2. The highest BCUT2D eigenvalue weighted by molar-refractivity contribution is 5.86. The highest BCUT2D eigenvalue weighted by Gasteiger charge is 1.96. The Morgan fingerprint density at radius 1 is 1.31 bits per heavy atom. The molecule has 1 aromatic carbocycles. The van der Waals surface area contributed by atoms with E-state index in [1.54, 1.807) is 20.1 Å². The van der Waals surface area contributed by atoms with Crippen LogP contribution in [0.3, 0.4) is 0 Å². The van der Waals surface area contributed by atoms with Crippen LogP contribution in [0, 0.1) is 0 Å². The molecule has 0 unspecified atom stereocenters. The standard InChI is InChI=1S/C12H14O4/c1-3-15-16-12(13)9-6-10-4-7-11(14-2)8-5-10/h4-9H,3H2,1-2H3. The molecule has 0 atom stereocenters. The van der Waals surface area contributed by atoms with E-state index in [2.05, 4.69) is 9.78 Å². The van der Waals surface area contributed by atoms with Gasteiger partial charge in [-0.3, -0.25) is 4.89 Å². The van der Waals surface area contributed by atoms with Gasteiger partial charge in [-0.15, -0.1) is 0 Å². The van der Waals surface area contributed by atoms with Gasteiger partial charge in [-0.25, -0.2) is 4.79 Å². The molecule has 0 amide bonds. The molecule has 1 rings (SSSR count). The first kappa shape index (κ1) is 12.3. The highest BCUT2D eigenvalue weighted by Crippen LogP contribution is 2.12. The average molecular weight is 222 g/mol. The Morgan fingerprint density at radius 3 is 2.56 bits per heavy atom. The van der Waals surface area contributed by atoms with Crippen LogP contribution >= 0.6 is 0 Å². The molecule has 0 heterocycles. The normalized spacial score (nSPS) is 10.4. The Kier molecular flexibility index (Phi) is 5.08. The lowest BCUT2D eigenvalue weighted by Crippen LogP contribution is -2.00. The van der Waals surface area contributed by atoms with Gasteiger partial charge in [0.2, 0.25) is 0 Å². The van der Waals surface area contributed by atoms with Gasteiger partial charge in [-0.2, -0.15) is 4.89 Å². The first-order valence-corrected chi connectivity index (χ1v) is 4.92. The van der Waals surface area contributed by atoms with E-state index in [4.69, 9.17) is 4.74 Å². The van der Waals surface area contributed by atoms with E-state index in [9.17, 15) is 4.79 Å². The second kappa shape index (κ2) is 6.63. The van der Waals surface area contributed by atoms with Crippen LogP contribution in [0.1, 0.15) is 12.5 Å². The lowest BCUT2D eigenvalue weighted by Gasteiger charge is -1.99. The SMILES string of the molecule is CCOOC(=O)C=Cc1ccc(OC)cc1. The molecular formula is C12H14O4. The lowest BCUT2D eigenvalue weighted by molar-refractivity contribution is -0.264. The van der Waals surface area contributed by atoms with Gasteiger partial charge in [0.1, 0.15) is 5.75 Å². The van der Waals surface area contributed by atoms with Crippen molar-refractivity contribution in [2.24, 2.45) is 0 Å². The van der Waals surface area contributed by atoms with Gasteiger partial charge in [-0.05, 0) is 30.7 Å².